The van der Waals surface area contributed by atoms with E-state index in [9.17, 15) is 14.4 Å². The summed E-state index contributed by atoms with van der Waals surface area (Å²) in [7, 11) is 1.70. The SMILES string of the molecule is CC1=C(C(=O)Nc2ccccc2)[C@@H](c2ccc(C(C)C)cc2)n2c(s/c(=C3\C(=O)N(C)c4ccc(Br)cc43)c2=O)=N1. The zero-order valence-electron chi connectivity index (χ0n) is 22.9. The van der Waals surface area contributed by atoms with Gasteiger partial charge >= 0.3 is 0 Å². The van der Waals surface area contributed by atoms with Crippen molar-refractivity contribution in [2.45, 2.75) is 32.7 Å². The number of halogens is 1. The van der Waals surface area contributed by atoms with Crippen molar-refractivity contribution in [2.75, 3.05) is 17.3 Å². The molecule has 0 unspecified atom stereocenters. The number of nitrogens with one attached hydrogen (secondary N) is 1. The predicted molar refractivity (Wildman–Crippen MR) is 166 cm³/mol. The molecule has 1 N–H and O–H groups in total. The number of rotatable bonds is 4. The molecule has 6 rings (SSSR count). The summed E-state index contributed by atoms with van der Waals surface area (Å²) in [6, 6.07) is 22.1. The Hall–Kier alpha value is -4.08. The number of fused-ring (bicyclic) bond motifs is 2. The van der Waals surface area contributed by atoms with Crippen molar-refractivity contribution < 1.29 is 9.59 Å². The molecule has 1 aromatic heterocycles. The second kappa shape index (κ2) is 10.4. The van der Waals surface area contributed by atoms with Gasteiger partial charge in [0.15, 0.2) is 4.80 Å². The largest absolute Gasteiger partial charge is 0.322 e. The van der Waals surface area contributed by atoms with Crippen LogP contribution in [0.15, 0.2) is 98.3 Å². The highest BCUT2D eigenvalue weighted by Crippen LogP contribution is 2.36. The van der Waals surface area contributed by atoms with E-state index in [1.165, 1.54) is 11.3 Å². The normalized spacial score (nSPS) is 17.5. The molecule has 7 nitrogen and oxygen atoms in total. The lowest BCUT2D eigenvalue weighted by atomic mass is 9.93. The number of amides is 2. The number of hydrogen-bond acceptors (Lipinski definition) is 5. The molecule has 2 aliphatic rings. The number of aromatic nitrogens is 1. The lowest BCUT2D eigenvalue weighted by Crippen LogP contribution is -2.41. The highest BCUT2D eigenvalue weighted by atomic mass is 79.9. The van der Waals surface area contributed by atoms with Gasteiger partial charge in [0.1, 0.15) is 4.53 Å². The molecule has 1 atom stereocenters. The van der Waals surface area contributed by atoms with Crippen LogP contribution < -0.4 is 25.1 Å². The molecule has 2 amide bonds. The number of para-hydroxylation sites is 1. The van der Waals surface area contributed by atoms with Crippen LogP contribution in [0.5, 0.6) is 0 Å². The fraction of sp³-hybridized carbons (Fsp3) is 0.188. The summed E-state index contributed by atoms with van der Waals surface area (Å²) in [5.74, 6) is -0.256. The van der Waals surface area contributed by atoms with E-state index in [2.05, 4.69) is 35.1 Å². The lowest BCUT2D eigenvalue weighted by Gasteiger charge is -2.25. The number of benzene rings is 3. The van der Waals surface area contributed by atoms with Crippen molar-refractivity contribution >= 4 is 56.0 Å². The molecule has 0 radical (unpaired) electrons. The van der Waals surface area contributed by atoms with E-state index < -0.39 is 6.04 Å². The van der Waals surface area contributed by atoms with Gasteiger partial charge in [0.25, 0.3) is 17.4 Å². The standard InChI is InChI=1S/C32H27BrN4O3S/c1-17(2)19-10-12-20(13-11-19)27-25(29(38)35-22-8-6-5-7-9-22)18(3)34-32-37(27)31(40)28(41-32)26-23-16-21(33)14-15-24(23)36(4)30(26)39/h5-17,27H,1-4H3,(H,35,38)/b28-26-/t27-/m1/s1. The number of carbonyl (C=O) groups excluding carboxylic acids is 2. The predicted octanol–water partition coefficient (Wildman–Crippen LogP) is 5.11. The molecular formula is C32H27BrN4O3S. The van der Waals surface area contributed by atoms with Crippen LogP contribution in [-0.2, 0) is 9.59 Å². The Morgan fingerprint density at radius 2 is 1.73 bits per heavy atom. The first-order chi connectivity index (χ1) is 19.7. The molecular weight excluding hydrogens is 600 g/mol. The molecule has 206 valence electrons. The van der Waals surface area contributed by atoms with Crippen LogP contribution in [0.4, 0.5) is 11.4 Å². The van der Waals surface area contributed by atoms with Crippen LogP contribution in [0.2, 0.25) is 0 Å². The van der Waals surface area contributed by atoms with Crippen LogP contribution in [-0.4, -0.2) is 23.4 Å². The first-order valence-corrected chi connectivity index (χ1v) is 14.9. The summed E-state index contributed by atoms with van der Waals surface area (Å²) < 4.78 is 2.68. The molecule has 0 aliphatic carbocycles. The Kier molecular flexibility index (Phi) is 6.87. The summed E-state index contributed by atoms with van der Waals surface area (Å²) in [5.41, 5.74) is 4.91. The van der Waals surface area contributed by atoms with Gasteiger partial charge in [0.05, 0.1) is 28.6 Å². The number of anilines is 2. The van der Waals surface area contributed by atoms with Gasteiger partial charge in [0, 0.05) is 22.8 Å². The fourth-order valence-electron chi connectivity index (χ4n) is 5.37. The minimum absolute atomic E-state index is 0.251. The average molecular weight is 628 g/mol. The molecule has 0 saturated carbocycles. The number of likely N-dealkylation sites (N-methyl/N-ethyl adjacent to an activating group) is 1. The maximum atomic E-state index is 14.3. The second-order valence-corrected chi connectivity index (χ2v) is 12.3. The Labute approximate surface area is 249 Å². The van der Waals surface area contributed by atoms with Gasteiger partial charge in [-0.25, -0.2) is 4.99 Å². The maximum absolute atomic E-state index is 14.3. The van der Waals surface area contributed by atoms with E-state index in [0.717, 1.165) is 21.3 Å². The van der Waals surface area contributed by atoms with Crippen LogP contribution in [0, 0.1) is 0 Å². The van der Waals surface area contributed by atoms with E-state index in [-0.39, 0.29) is 17.4 Å². The van der Waals surface area contributed by atoms with Gasteiger partial charge in [-0.2, -0.15) is 0 Å². The molecule has 0 spiro atoms. The highest BCUT2D eigenvalue weighted by molar-refractivity contribution is 9.10. The molecule has 3 heterocycles. The van der Waals surface area contributed by atoms with Crippen LogP contribution in [0.25, 0.3) is 5.57 Å². The van der Waals surface area contributed by atoms with Gasteiger partial charge in [-0.1, -0.05) is 83.6 Å². The monoisotopic (exact) mass is 626 g/mol. The van der Waals surface area contributed by atoms with Gasteiger partial charge in [-0.3, -0.25) is 19.0 Å². The number of allylic oxidation sites excluding steroid dienone is 1. The molecule has 41 heavy (non-hydrogen) atoms. The first-order valence-electron chi connectivity index (χ1n) is 13.2. The van der Waals surface area contributed by atoms with E-state index >= 15 is 0 Å². The summed E-state index contributed by atoms with van der Waals surface area (Å²) in [6.45, 7) is 6.03. The summed E-state index contributed by atoms with van der Waals surface area (Å²) in [5, 5.41) is 2.98. The minimum atomic E-state index is -0.721. The van der Waals surface area contributed by atoms with Crippen molar-refractivity contribution in [2.24, 2.45) is 4.99 Å². The van der Waals surface area contributed by atoms with Crippen molar-refractivity contribution in [1.29, 1.82) is 0 Å². The zero-order valence-corrected chi connectivity index (χ0v) is 25.3. The Morgan fingerprint density at radius 1 is 1.02 bits per heavy atom. The average Bonchev–Trinajstić information content (AvgIpc) is 3.39. The lowest BCUT2D eigenvalue weighted by molar-refractivity contribution is -0.113. The molecule has 2 aliphatic heterocycles. The number of carbonyl (C=O) groups is 2. The number of hydrogen-bond donors (Lipinski definition) is 1. The molecule has 9 heteroatoms. The van der Waals surface area contributed by atoms with Crippen molar-refractivity contribution in [3.8, 4) is 0 Å². The number of nitrogens with zero attached hydrogens (tertiary/aromatic N) is 3. The van der Waals surface area contributed by atoms with E-state index in [1.54, 1.807) is 23.4 Å². The van der Waals surface area contributed by atoms with Crippen LogP contribution in [0.3, 0.4) is 0 Å². The van der Waals surface area contributed by atoms with Gasteiger partial charge < -0.3 is 10.2 Å². The maximum Gasteiger partial charge on any atom is 0.271 e. The third kappa shape index (κ3) is 4.59. The van der Waals surface area contributed by atoms with Gasteiger partial charge in [-0.05, 0) is 54.3 Å². The Bertz CT molecular complexity index is 1940. The number of thiazole rings is 1. The van der Waals surface area contributed by atoms with E-state index in [0.29, 0.717) is 43.3 Å². The topological polar surface area (TPSA) is 83.8 Å². The molecule has 4 aromatic rings. The van der Waals surface area contributed by atoms with Crippen LogP contribution in [0.1, 0.15) is 49.4 Å². The summed E-state index contributed by atoms with van der Waals surface area (Å²) >= 11 is 4.68. The fourth-order valence-corrected chi connectivity index (χ4v) is 6.87. The van der Waals surface area contributed by atoms with E-state index in [4.69, 9.17) is 4.99 Å². The zero-order chi connectivity index (χ0) is 29.0. The van der Waals surface area contributed by atoms with Gasteiger partial charge in [-0.15, -0.1) is 0 Å². The third-order valence-electron chi connectivity index (χ3n) is 7.53. The molecule has 0 saturated heterocycles. The minimum Gasteiger partial charge on any atom is -0.322 e. The summed E-state index contributed by atoms with van der Waals surface area (Å²) in [4.78, 5) is 48.3. The molecule has 3 aromatic carbocycles. The Morgan fingerprint density at radius 3 is 2.41 bits per heavy atom. The first kappa shape index (κ1) is 27.1. The highest BCUT2D eigenvalue weighted by Gasteiger charge is 2.36. The van der Waals surface area contributed by atoms with E-state index in [1.807, 2.05) is 72.8 Å². The van der Waals surface area contributed by atoms with Crippen molar-refractivity contribution in [3.05, 3.63) is 125 Å². The quantitative estimate of drug-likeness (QED) is 0.342. The smallest absolute Gasteiger partial charge is 0.271 e. The van der Waals surface area contributed by atoms with Crippen molar-refractivity contribution in [1.82, 2.24) is 4.57 Å². The Balaban J connectivity index is 1.59. The second-order valence-electron chi connectivity index (χ2n) is 10.4. The van der Waals surface area contributed by atoms with Crippen LogP contribution >= 0.6 is 27.3 Å². The summed E-state index contributed by atoms with van der Waals surface area (Å²) in [6.07, 6.45) is 0. The third-order valence-corrected chi connectivity index (χ3v) is 9.07. The van der Waals surface area contributed by atoms with Crippen molar-refractivity contribution in [3.63, 3.8) is 0 Å². The molecule has 0 bridgehead atoms. The molecule has 0 fully saturated rings. The van der Waals surface area contributed by atoms with Gasteiger partial charge in [0.2, 0.25) is 0 Å².